The largest absolute Gasteiger partial charge is 0.495 e. The molecular formula is C24H15Br2ClN2O4. The van der Waals surface area contributed by atoms with Crippen LogP contribution in [-0.4, -0.2) is 24.8 Å². The monoisotopic (exact) mass is 588 g/mol. The molecule has 6 nitrogen and oxygen atoms in total. The van der Waals surface area contributed by atoms with Crippen LogP contribution in [0.1, 0.15) is 26.3 Å². The molecule has 0 fully saturated rings. The van der Waals surface area contributed by atoms with Gasteiger partial charge in [-0.3, -0.25) is 14.4 Å². The molecule has 0 unspecified atom stereocenters. The average molecular weight is 591 g/mol. The highest BCUT2D eigenvalue weighted by Crippen LogP contribution is 2.34. The summed E-state index contributed by atoms with van der Waals surface area (Å²) in [6.07, 6.45) is 2.97. The lowest BCUT2D eigenvalue weighted by molar-refractivity contribution is -0.111. The van der Waals surface area contributed by atoms with Gasteiger partial charge in [-0.15, -0.1) is 0 Å². The molecule has 0 atom stereocenters. The van der Waals surface area contributed by atoms with Crippen LogP contribution in [0.5, 0.6) is 5.75 Å². The summed E-state index contributed by atoms with van der Waals surface area (Å²) in [5, 5.41) is 2.88. The Morgan fingerprint density at radius 3 is 2.30 bits per heavy atom. The molecule has 3 aromatic carbocycles. The van der Waals surface area contributed by atoms with Crippen LogP contribution in [-0.2, 0) is 4.79 Å². The van der Waals surface area contributed by atoms with Gasteiger partial charge in [-0.1, -0.05) is 39.7 Å². The van der Waals surface area contributed by atoms with E-state index >= 15 is 0 Å². The van der Waals surface area contributed by atoms with Crippen molar-refractivity contribution in [1.82, 2.24) is 0 Å². The van der Waals surface area contributed by atoms with Crippen molar-refractivity contribution in [2.24, 2.45) is 0 Å². The molecule has 0 saturated carbocycles. The Morgan fingerprint density at radius 1 is 1.03 bits per heavy atom. The van der Waals surface area contributed by atoms with Gasteiger partial charge >= 0.3 is 0 Å². The van der Waals surface area contributed by atoms with E-state index < -0.39 is 17.7 Å². The highest BCUT2D eigenvalue weighted by molar-refractivity contribution is 9.11. The van der Waals surface area contributed by atoms with Crippen LogP contribution in [0.15, 0.2) is 69.6 Å². The molecule has 0 saturated heterocycles. The zero-order valence-corrected chi connectivity index (χ0v) is 21.0. The molecule has 1 aliphatic heterocycles. The number of anilines is 2. The number of halogens is 3. The number of nitrogens with zero attached hydrogens (tertiary/aromatic N) is 1. The van der Waals surface area contributed by atoms with Crippen molar-refractivity contribution in [3.8, 4) is 5.75 Å². The van der Waals surface area contributed by atoms with Crippen LogP contribution in [0.2, 0.25) is 5.02 Å². The van der Waals surface area contributed by atoms with E-state index in [-0.39, 0.29) is 5.02 Å². The van der Waals surface area contributed by atoms with Gasteiger partial charge in [-0.05, 0) is 64.5 Å². The molecule has 9 heteroatoms. The maximum absolute atomic E-state index is 12.7. The van der Waals surface area contributed by atoms with Crippen molar-refractivity contribution in [2.45, 2.75) is 0 Å². The van der Waals surface area contributed by atoms with Crippen LogP contribution in [0.4, 0.5) is 11.4 Å². The summed E-state index contributed by atoms with van der Waals surface area (Å²) in [6, 6.07) is 14.8. The van der Waals surface area contributed by atoms with Crippen LogP contribution in [0.3, 0.4) is 0 Å². The number of carbonyl (C=O) groups excluding carboxylic acids is 3. The number of hydrogen-bond acceptors (Lipinski definition) is 4. The molecule has 0 bridgehead atoms. The molecule has 4 rings (SSSR count). The number of carbonyl (C=O) groups is 3. The van der Waals surface area contributed by atoms with E-state index in [1.54, 1.807) is 49.6 Å². The van der Waals surface area contributed by atoms with E-state index in [1.807, 2.05) is 12.1 Å². The van der Waals surface area contributed by atoms with Crippen molar-refractivity contribution in [3.63, 3.8) is 0 Å². The number of amides is 3. The Hall–Kier alpha value is -2.94. The SMILES string of the molecule is COc1c(Br)cc(Br)cc1C=CC(=O)Nc1ccc(N2C(=O)c3ccccc3C2=O)cc1Cl. The molecule has 1 N–H and O–H groups in total. The van der Waals surface area contributed by atoms with Gasteiger partial charge in [-0.2, -0.15) is 0 Å². The molecular weight excluding hydrogens is 576 g/mol. The van der Waals surface area contributed by atoms with Gasteiger partial charge in [0.2, 0.25) is 5.91 Å². The fraction of sp³-hybridized carbons (Fsp3) is 0.0417. The molecule has 166 valence electrons. The van der Waals surface area contributed by atoms with Gasteiger partial charge in [0.15, 0.2) is 0 Å². The van der Waals surface area contributed by atoms with Crippen molar-refractivity contribution >= 4 is 78.6 Å². The molecule has 1 aliphatic rings. The predicted molar refractivity (Wildman–Crippen MR) is 135 cm³/mol. The third-order valence-electron chi connectivity index (χ3n) is 4.92. The first kappa shape index (κ1) is 23.2. The summed E-state index contributed by atoms with van der Waals surface area (Å²) in [5.41, 5.74) is 2.05. The third-order valence-corrected chi connectivity index (χ3v) is 6.28. The van der Waals surface area contributed by atoms with Crippen LogP contribution < -0.4 is 15.0 Å². The second-order valence-corrected chi connectivity index (χ2v) is 9.17. The topological polar surface area (TPSA) is 75.7 Å². The van der Waals surface area contributed by atoms with Crippen LogP contribution in [0, 0.1) is 0 Å². The molecule has 3 amide bonds. The lowest BCUT2D eigenvalue weighted by Gasteiger charge is -2.15. The second-order valence-electron chi connectivity index (χ2n) is 6.99. The Morgan fingerprint density at radius 2 is 1.70 bits per heavy atom. The minimum Gasteiger partial charge on any atom is -0.495 e. The lowest BCUT2D eigenvalue weighted by atomic mass is 10.1. The minimum absolute atomic E-state index is 0.189. The molecule has 33 heavy (non-hydrogen) atoms. The van der Waals surface area contributed by atoms with Crippen molar-refractivity contribution in [1.29, 1.82) is 0 Å². The first-order valence-electron chi connectivity index (χ1n) is 9.59. The molecule has 0 aromatic heterocycles. The summed E-state index contributed by atoms with van der Waals surface area (Å²) in [6.45, 7) is 0. The summed E-state index contributed by atoms with van der Waals surface area (Å²) in [5.74, 6) is -0.657. The minimum atomic E-state index is -0.416. The van der Waals surface area contributed by atoms with Gasteiger partial charge in [0, 0.05) is 16.1 Å². The first-order chi connectivity index (χ1) is 15.8. The number of methoxy groups -OCH3 is 1. The number of ether oxygens (including phenoxy) is 1. The highest BCUT2D eigenvalue weighted by atomic mass is 79.9. The smallest absolute Gasteiger partial charge is 0.266 e. The normalized spacial score (nSPS) is 12.9. The standard InChI is InChI=1S/C24H15Br2ClN2O4/c1-33-22-13(10-14(25)11-18(22)26)6-9-21(30)28-20-8-7-15(12-19(20)27)29-23(31)16-4-2-3-5-17(16)24(29)32/h2-12H,1H3,(H,28,30). The number of rotatable bonds is 5. The van der Waals surface area contributed by atoms with Crippen LogP contribution in [0.25, 0.3) is 6.08 Å². The summed E-state index contributed by atoms with van der Waals surface area (Å²) >= 11 is 13.2. The molecule has 3 aromatic rings. The van der Waals surface area contributed by atoms with Gasteiger partial charge in [0.25, 0.3) is 11.8 Å². The number of hydrogen-bond donors (Lipinski definition) is 1. The van der Waals surface area contributed by atoms with Gasteiger partial charge in [0.05, 0.1) is 39.1 Å². The van der Waals surface area contributed by atoms with Gasteiger partial charge in [-0.25, -0.2) is 4.90 Å². The fourth-order valence-corrected chi connectivity index (χ4v) is 5.07. The number of imide groups is 1. The van der Waals surface area contributed by atoms with E-state index in [0.717, 1.165) is 13.8 Å². The van der Waals surface area contributed by atoms with Crippen LogP contribution >= 0.6 is 43.5 Å². The summed E-state index contributed by atoms with van der Waals surface area (Å²) < 4.78 is 6.94. The lowest BCUT2D eigenvalue weighted by Crippen LogP contribution is -2.29. The van der Waals surface area contributed by atoms with Crippen molar-refractivity contribution in [2.75, 3.05) is 17.3 Å². The zero-order valence-electron chi connectivity index (χ0n) is 17.1. The summed E-state index contributed by atoms with van der Waals surface area (Å²) in [7, 11) is 1.54. The Bertz CT molecular complexity index is 1310. The second kappa shape index (κ2) is 9.51. The van der Waals surface area contributed by atoms with E-state index in [4.69, 9.17) is 16.3 Å². The Labute approximate surface area is 211 Å². The van der Waals surface area contributed by atoms with Crippen molar-refractivity contribution in [3.05, 3.63) is 91.3 Å². The maximum atomic E-state index is 12.7. The molecule has 0 aliphatic carbocycles. The predicted octanol–water partition coefficient (Wildman–Crippen LogP) is 6.33. The third kappa shape index (κ3) is 4.59. The van der Waals surface area contributed by atoms with Gasteiger partial charge in [0.1, 0.15) is 5.75 Å². The zero-order chi connectivity index (χ0) is 23.7. The fourth-order valence-electron chi connectivity index (χ4n) is 3.43. The van der Waals surface area contributed by atoms with Gasteiger partial charge < -0.3 is 10.1 Å². The average Bonchev–Trinajstić information content (AvgIpc) is 3.04. The Balaban J connectivity index is 1.52. The van der Waals surface area contributed by atoms with E-state index in [2.05, 4.69) is 37.2 Å². The highest BCUT2D eigenvalue weighted by Gasteiger charge is 2.36. The molecule has 0 radical (unpaired) electrons. The number of benzene rings is 3. The maximum Gasteiger partial charge on any atom is 0.266 e. The van der Waals surface area contributed by atoms with E-state index in [0.29, 0.717) is 33.8 Å². The molecule has 1 heterocycles. The first-order valence-corrected chi connectivity index (χ1v) is 11.6. The Kier molecular flexibility index (Phi) is 6.69. The number of nitrogens with one attached hydrogen (secondary N) is 1. The summed E-state index contributed by atoms with van der Waals surface area (Å²) in [4.78, 5) is 38.9. The van der Waals surface area contributed by atoms with E-state index in [9.17, 15) is 14.4 Å². The van der Waals surface area contributed by atoms with Crippen molar-refractivity contribution < 1.29 is 19.1 Å². The number of fused-ring (bicyclic) bond motifs is 1. The quantitative estimate of drug-likeness (QED) is 0.279. The molecule has 0 spiro atoms. The van der Waals surface area contributed by atoms with E-state index in [1.165, 1.54) is 12.1 Å².